The molecular formula is C14H20N2O3. The highest BCUT2D eigenvalue weighted by Crippen LogP contribution is 2.31. The van der Waals surface area contributed by atoms with Gasteiger partial charge in [-0.25, -0.2) is 0 Å². The molecule has 0 spiro atoms. The summed E-state index contributed by atoms with van der Waals surface area (Å²) in [6.07, 6.45) is 4.16. The number of aliphatic hydroxyl groups is 1. The first-order valence-corrected chi connectivity index (χ1v) is 6.74. The van der Waals surface area contributed by atoms with Gasteiger partial charge in [-0.05, 0) is 31.4 Å². The smallest absolute Gasteiger partial charge is 0.292 e. The van der Waals surface area contributed by atoms with Gasteiger partial charge in [0.15, 0.2) is 0 Å². The summed E-state index contributed by atoms with van der Waals surface area (Å²) in [6.45, 7) is 1.98. The summed E-state index contributed by atoms with van der Waals surface area (Å²) in [6, 6.07) is 5.34. The lowest BCUT2D eigenvalue weighted by Gasteiger charge is -2.31. The Bertz CT molecular complexity index is 462. The van der Waals surface area contributed by atoms with Crippen LogP contribution in [0, 0.1) is 23.0 Å². The van der Waals surface area contributed by atoms with Crippen LogP contribution in [0.1, 0.15) is 31.2 Å². The number of rotatable bonds is 4. The minimum atomic E-state index is -0.355. The van der Waals surface area contributed by atoms with Crippen LogP contribution >= 0.6 is 0 Å². The van der Waals surface area contributed by atoms with E-state index in [1.165, 1.54) is 0 Å². The highest BCUT2D eigenvalue weighted by atomic mass is 16.6. The van der Waals surface area contributed by atoms with E-state index in [0.29, 0.717) is 5.69 Å². The normalized spacial score (nSPS) is 23.1. The molecule has 0 radical (unpaired) electrons. The molecule has 2 unspecified atom stereocenters. The highest BCUT2D eigenvalue weighted by molar-refractivity contribution is 5.63. The van der Waals surface area contributed by atoms with Crippen LogP contribution in [0.15, 0.2) is 18.2 Å². The van der Waals surface area contributed by atoms with Crippen molar-refractivity contribution in [1.82, 2.24) is 0 Å². The summed E-state index contributed by atoms with van der Waals surface area (Å²) in [5.74, 6) is 0.189. The maximum absolute atomic E-state index is 11.1. The quantitative estimate of drug-likeness (QED) is 0.647. The van der Waals surface area contributed by atoms with E-state index in [9.17, 15) is 15.2 Å². The number of nitrogens with one attached hydrogen (secondary N) is 1. The number of nitro groups is 1. The summed E-state index contributed by atoms with van der Waals surface area (Å²) in [5.41, 5.74) is 1.54. The molecule has 1 fully saturated rings. The Hall–Kier alpha value is -1.62. The Balaban J connectivity index is 2.20. The van der Waals surface area contributed by atoms with Gasteiger partial charge >= 0.3 is 0 Å². The summed E-state index contributed by atoms with van der Waals surface area (Å²) in [7, 11) is 0. The summed E-state index contributed by atoms with van der Waals surface area (Å²) in [5, 5.41) is 23.7. The molecule has 0 aliphatic heterocycles. The van der Waals surface area contributed by atoms with E-state index in [0.717, 1.165) is 31.2 Å². The van der Waals surface area contributed by atoms with Crippen molar-refractivity contribution < 1.29 is 10.0 Å². The third-order valence-electron chi connectivity index (χ3n) is 3.83. The minimum Gasteiger partial charge on any atom is -0.396 e. The van der Waals surface area contributed by atoms with Gasteiger partial charge in [0.2, 0.25) is 0 Å². The van der Waals surface area contributed by atoms with Gasteiger partial charge in [-0.3, -0.25) is 10.1 Å². The SMILES string of the molecule is Cc1ccc(NC2CCCCC2CO)c([N+](=O)[O-])c1. The lowest BCUT2D eigenvalue weighted by Crippen LogP contribution is -2.34. The summed E-state index contributed by atoms with van der Waals surface area (Å²) < 4.78 is 0. The van der Waals surface area contributed by atoms with Crippen LogP contribution in [0.25, 0.3) is 0 Å². The van der Waals surface area contributed by atoms with E-state index < -0.39 is 0 Å². The first-order chi connectivity index (χ1) is 9.11. The molecule has 2 atom stereocenters. The Kier molecular flexibility index (Phi) is 4.37. The maximum atomic E-state index is 11.1. The molecule has 0 aromatic heterocycles. The molecule has 5 heteroatoms. The molecule has 0 amide bonds. The van der Waals surface area contributed by atoms with Gasteiger partial charge in [0, 0.05) is 24.6 Å². The lowest BCUT2D eigenvalue weighted by atomic mass is 9.85. The number of aliphatic hydroxyl groups excluding tert-OH is 1. The fraction of sp³-hybridized carbons (Fsp3) is 0.571. The number of anilines is 1. The molecule has 0 bridgehead atoms. The maximum Gasteiger partial charge on any atom is 0.292 e. The predicted octanol–water partition coefficient (Wildman–Crippen LogP) is 2.87. The number of hydrogen-bond donors (Lipinski definition) is 2. The van der Waals surface area contributed by atoms with Crippen LogP contribution in [0.2, 0.25) is 0 Å². The topological polar surface area (TPSA) is 75.4 Å². The van der Waals surface area contributed by atoms with E-state index in [1.807, 2.05) is 13.0 Å². The van der Waals surface area contributed by atoms with E-state index in [1.54, 1.807) is 12.1 Å². The van der Waals surface area contributed by atoms with E-state index in [4.69, 9.17) is 0 Å². The average molecular weight is 264 g/mol. The highest BCUT2D eigenvalue weighted by Gasteiger charge is 2.26. The zero-order chi connectivity index (χ0) is 13.8. The summed E-state index contributed by atoms with van der Waals surface area (Å²) >= 11 is 0. The van der Waals surface area contributed by atoms with Crippen LogP contribution in [-0.2, 0) is 0 Å². The molecule has 5 nitrogen and oxygen atoms in total. The fourth-order valence-electron chi connectivity index (χ4n) is 2.73. The van der Waals surface area contributed by atoms with Gasteiger partial charge in [0.1, 0.15) is 5.69 Å². The van der Waals surface area contributed by atoms with Crippen LogP contribution in [0.5, 0.6) is 0 Å². The molecule has 1 aromatic rings. The number of nitrogens with zero attached hydrogens (tertiary/aromatic N) is 1. The number of aryl methyl sites for hydroxylation is 1. The molecule has 1 saturated carbocycles. The summed E-state index contributed by atoms with van der Waals surface area (Å²) in [4.78, 5) is 10.7. The van der Waals surface area contributed by atoms with E-state index in [2.05, 4.69) is 5.32 Å². The Morgan fingerprint density at radius 3 is 2.84 bits per heavy atom. The first kappa shape index (κ1) is 13.8. The van der Waals surface area contributed by atoms with Crippen molar-refractivity contribution in [3.8, 4) is 0 Å². The van der Waals surface area contributed by atoms with Gasteiger partial charge in [0.25, 0.3) is 5.69 Å². The van der Waals surface area contributed by atoms with Crippen molar-refractivity contribution in [1.29, 1.82) is 0 Å². The molecular weight excluding hydrogens is 244 g/mol. The van der Waals surface area contributed by atoms with Crippen molar-refractivity contribution in [2.75, 3.05) is 11.9 Å². The largest absolute Gasteiger partial charge is 0.396 e. The van der Waals surface area contributed by atoms with E-state index >= 15 is 0 Å². The van der Waals surface area contributed by atoms with Crippen LogP contribution in [0.3, 0.4) is 0 Å². The second-order valence-corrected chi connectivity index (χ2v) is 5.26. The zero-order valence-electron chi connectivity index (χ0n) is 11.1. The van der Waals surface area contributed by atoms with Gasteiger partial charge in [-0.1, -0.05) is 18.9 Å². The predicted molar refractivity (Wildman–Crippen MR) is 74.3 cm³/mol. The van der Waals surface area contributed by atoms with Crippen LogP contribution < -0.4 is 5.32 Å². The van der Waals surface area contributed by atoms with Crippen molar-refractivity contribution in [3.63, 3.8) is 0 Å². The molecule has 2 N–H and O–H groups in total. The minimum absolute atomic E-state index is 0.113. The second kappa shape index (κ2) is 6.02. The average Bonchev–Trinajstić information content (AvgIpc) is 2.41. The Morgan fingerprint density at radius 2 is 2.16 bits per heavy atom. The third kappa shape index (κ3) is 3.23. The molecule has 2 rings (SSSR count). The third-order valence-corrected chi connectivity index (χ3v) is 3.83. The Morgan fingerprint density at radius 1 is 1.42 bits per heavy atom. The molecule has 0 saturated heterocycles. The fourth-order valence-corrected chi connectivity index (χ4v) is 2.73. The number of nitro benzene ring substituents is 1. The number of hydrogen-bond acceptors (Lipinski definition) is 4. The zero-order valence-corrected chi connectivity index (χ0v) is 11.1. The molecule has 0 heterocycles. The van der Waals surface area contributed by atoms with Gasteiger partial charge in [-0.2, -0.15) is 0 Å². The molecule has 1 aliphatic rings. The van der Waals surface area contributed by atoms with Crippen molar-refractivity contribution in [3.05, 3.63) is 33.9 Å². The second-order valence-electron chi connectivity index (χ2n) is 5.26. The molecule has 19 heavy (non-hydrogen) atoms. The van der Waals surface area contributed by atoms with Gasteiger partial charge in [-0.15, -0.1) is 0 Å². The Labute approximate surface area is 112 Å². The van der Waals surface area contributed by atoms with Gasteiger partial charge < -0.3 is 10.4 Å². The van der Waals surface area contributed by atoms with Gasteiger partial charge in [0.05, 0.1) is 4.92 Å². The van der Waals surface area contributed by atoms with Crippen LogP contribution in [-0.4, -0.2) is 22.7 Å². The van der Waals surface area contributed by atoms with Crippen molar-refractivity contribution in [2.24, 2.45) is 5.92 Å². The van der Waals surface area contributed by atoms with Crippen LogP contribution in [0.4, 0.5) is 11.4 Å². The molecule has 1 aromatic carbocycles. The standard InChI is InChI=1S/C14H20N2O3/c1-10-6-7-13(14(8-10)16(18)19)15-12-5-3-2-4-11(12)9-17/h6-8,11-12,15,17H,2-5,9H2,1H3. The lowest BCUT2D eigenvalue weighted by molar-refractivity contribution is -0.384. The number of benzene rings is 1. The first-order valence-electron chi connectivity index (χ1n) is 6.74. The molecule has 1 aliphatic carbocycles. The van der Waals surface area contributed by atoms with Crippen molar-refractivity contribution in [2.45, 2.75) is 38.6 Å². The van der Waals surface area contributed by atoms with Crippen molar-refractivity contribution >= 4 is 11.4 Å². The molecule has 104 valence electrons. The van der Waals surface area contributed by atoms with E-state index in [-0.39, 0.29) is 29.2 Å². The monoisotopic (exact) mass is 264 g/mol.